The number of aromatic nitrogens is 1. The maximum atomic E-state index is 14.3. The molecule has 48 heavy (non-hydrogen) atoms. The number of esters is 1. The zero-order chi connectivity index (χ0) is 35.3. The van der Waals surface area contributed by atoms with Gasteiger partial charge in [0.2, 0.25) is 17.7 Å². The van der Waals surface area contributed by atoms with Crippen molar-refractivity contribution in [2.45, 2.75) is 84.2 Å². The molecule has 4 rings (SSSR count). The van der Waals surface area contributed by atoms with Gasteiger partial charge in [-0.3, -0.25) is 19.2 Å². The van der Waals surface area contributed by atoms with Crippen molar-refractivity contribution in [3.63, 3.8) is 0 Å². The van der Waals surface area contributed by atoms with Gasteiger partial charge in [0, 0.05) is 24.4 Å². The number of hydrogen-bond acceptors (Lipinski definition) is 7. The van der Waals surface area contributed by atoms with Crippen LogP contribution in [0.5, 0.6) is 5.75 Å². The lowest BCUT2D eigenvalue weighted by Crippen LogP contribution is -2.55. The number of halogens is 1. The molecule has 5 N–H and O–H groups in total. The molecule has 0 radical (unpaired) electrons. The first kappa shape index (κ1) is 36.7. The Labute approximate surface area is 289 Å². The van der Waals surface area contributed by atoms with E-state index in [-0.39, 0.29) is 24.5 Å². The predicted octanol–water partition coefficient (Wildman–Crippen LogP) is 4.67. The molecule has 2 aromatic carbocycles. The highest BCUT2D eigenvalue weighted by Crippen LogP contribution is 2.29. The highest BCUT2D eigenvalue weighted by molar-refractivity contribution is 9.10. The van der Waals surface area contributed by atoms with Gasteiger partial charge in [-0.15, -0.1) is 0 Å². The van der Waals surface area contributed by atoms with Gasteiger partial charge in [-0.2, -0.15) is 0 Å². The Morgan fingerprint density at radius 2 is 1.62 bits per heavy atom. The number of amides is 3. The summed E-state index contributed by atoms with van der Waals surface area (Å²) < 4.78 is 6.41. The number of aliphatic hydroxyl groups excluding tert-OH is 1. The van der Waals surface area contributed by atoms with Crippen LogP contribution < -0.4 is 10.6 Å². The maximum Gasteiger partial charge on any atom is 0.308 e. The second kappa shape index (κ2) is 15.8. The quantitative estimate of drug-likeness (QED) is 0.194. The molecule has 1 aromatic heterocycles. The fraction of sp³-hybridized carbons (Fsp3) is 0.444. The number of cyclic esters (lactones) is 1. The molecule has 0 saturated carbocycles. The molecule has 3 amide bonds. The van der Waals surface area contributed by atoms with Crippen molar-refractivity contribution in [3.05, 3.63) is 75.9 Å². The molecule has 258 valence electrons. The number of hydrogen-bond donors (Lipinski definition) is 5. The average Bonchev–Trinajstić information content (AvgIpc) is 3.35. The summed E-state index contributed by atoms with van der Waals surface area (Å²) in [5.41, 5.74) is 2.76. The number of benzene rings is 2. The highest BCUT2D eigenvalue weighted by Gasteiger charge is 2.35. The third-order valence-corrected chi connectivity index (χ3v) is 9.60. The first-order chi connectivity index (χ1) is 22.7. The SMILES string of the molecule is C/C1=C\[C@H](C)C[C@H](C)OC(=O)C[C@H](c2ccc(O)cc2)NC(=O)[C@@H](Cc2c(Br)[nH]c3ccccc23)N(C)C(=O)[C@H](C)NC(=O)[C@@H](C)C1O. The summed E-state index contributed by atoms with van der Waals surface area (Å²) in [4.78, 5) is 59.2. The van der Waals surface area contributed by atoms with Crippen LogP contribution in [-0.2, 0) is 30.3 Å². The lowest BCUT2D eigenvalue weighted by molar-refractivity contribution is -0.149. The molecule has 0 bridgehead atoms. The van der Waals surface area contributed by atoms with Gasteiger partial charge in [-0.25, -0.2) is 0 Å². The first-order valence-corrected chi connectivity index (χ1v) is 16.9. The lowest BCUT2D eigenvalue weighted by atomic mass is 9.93. The number of nitrogens with zero attached hydrogens (tertiary/aromatic N) is 1. The fourth-order valence-electron chi connectivity index (χ4n) is 6.22. The summed E-state index contributed by atoms with van der Waals surface area (Å²) >= 11 is 3.58. The molecule has 7 atom stereocenters. The van der Waals surface area contributed by atoms with Crippen LogP contribution in [0.25, 0.3) is 10.9 Å². The van der Waals surface area contributed by atoms with Gasteiger partial charge < -0.3 is 35.5 Å². The average molecular weight is 726 g/mol. The van der Waals surface area contributed by atoms with Crippen LogP contribution in [0.1, 0.15) is 64.6 Å². The number of carbonyl (C=O) groups excluding carboxylic acids is 4. The van der Waals surface area contributed by atoms with Crippen molar-refractivity contribution in [2.75, 3.05) is 7.05 Å². The van der Waals surface area contributed by atoms with E-state index in [9.17, 15) is 29.4 Å². The molecular formula is C36H45BrN4O7. The third kappa shape index (κ3) is 8.84. The van der Waals surface area contributed by atoms with Gasteiger partial charge in [-0.05, 0) is 83.9 Å². The van der Waals surface area contributed by atoms with Gasteiger partial charge in [0.25, 0.3) is 0 Å². The van der Waals surface area contributed by atoms with Gasteiger partial charge in [0.05, 0.1) is 35.2 Å². The van der Waals surface area contributed by atoms with Crippen LogP contribution in [0.15, 0.2) is 64.8 Å². The molecule has 2 heterocycles. The van der Waals surface area contributed by atoms with E-state index in [2.05, 4.69) is 31.5 Å². The van der Waals surface area contributed by atoms with E-state index in [1.165, 1.54) is 31.0 Å². The van der Waals surface area contributed by atoms with Crippen LogP contribution in [0, 0.1) is 11.8 Å². The van der Waals surface area contributed by atoms with E-state index in [0.717, 1.165) is 16.5 Å². The minimum Gasteiger partial charge on any atom is -0.508 e. The zero-order valence-corrected chi connectivity index (χ0v) is 29.7. The molecule has 0 fully saturated rings. The number of rotatable bonds is 3. The van der Waals surface area contributed by atoms with Crippen molar-refractivity contribution in [2.24, 2.45) is 11.8 Å². The Balaban J connectivity index is 1.76. The number of ether oxygens (including phenoxy) is 1. The minimum absolute atomic E-state index is 0.0255. The smallest absolute Gasteiger partial charge is 0.308 e. The Hall–Kier alpha value is -4.16. The number of aromatic hydroxyl groups is 1. The molecule has 0 spiro atoms. The first-order valence-electron chi connectivity index (χ1n) is 16.1. The maximum absolute atomic E-state index is 14.3. The second-order valence-corrected chi connectivity index (χ2v) is 13.7. The number of para-hydroxylation sites is 1. The number of aromatic amines is 1. The molecule has 1 aliphatic heterocycles. The molecule has 11 nitrogen and oxygen atoms in total. The Bertz CT molecular complexity index is 1670. The van der Waals surface area contributed by atoms with Gasteiger partial charge >= 0.3 is 5.97 Å². The van der Waals surface area contributed by atoms with Crippen molar-refractivity contribution in [1.29, 1.82) is 0 Å². The number of carbonyl (C=O) groups is 4. The van der Waals surface area contributed by atoms with Crippen LogP contribution in [0.4, 0.5) is 0 Å². The molecule has 0 aliphatic carbocycles. The highest BCUT2D eigenvalue weighted by atomic mass is 79.9. The zero-order valence-electron chi connectivity index (χ0n) is 28.1. The predicted molar refractivity (Wildman–Crippen MR) is 186 cm³/mol. The minimum atomic E-state index is -1.10. The van der Waals surface area contributed by atoms with E-state index in [1.807, 2.05) is 37.3 Å². The van der Waals surface area contributed by atoms with E-state index < -0.39 is 59.9 Å². The topological polar surface area (TPSA) is 161 Å². The number of nitrogens with one attached hydrogen (secondary N) is 3. The molecule has 1 aliphatic rings. The number of phenols is 1. The summed E-state index contributed by atoms with van der Waals surface area (Å²) in [6.07, 6.45) is 0.626. The van der Waals surface area contributed by atoms with E-state index in [0.29, 0.717) is 22.2 Å². The molecule has 3 aromatic rings. The third-order valence-electron chi connectivity index (χ3n) is 8.93. The Morgan fingerprint density at radius 1 is 0.958 bits per heavy atom. The number of likely N-dealkylation sites (N-methyl/N-ethyl adjacent to an activating group) is 1. The van der Waals surface area contributed by atoms with Crippen LogP contribution in [0.2, 0.25) is 0 Å². The van der Waals surface area contributed by atoms with Gasteiger partial charge in [-0.1, -0.05) is 50.3 Å². The summed E-state index contributed by atoms with van der Waals surface area (Å²) in [7, 11) is 1.50. The van der Waals surface area contributed by atoms with Crippen molar-refractivity contribution in [3.8, 4) is 5.75 Å². The lowest BCUT2D eigenvalue weighted by Gasteiger charge is -2.32. The standard InChI is InChI=1S/C36H45BrN4O7/c1-19-15-20(2)32(44)22(4)34(45)38-23(5)36(47)41(6)30(17-27-26-9-7-8-10-28(26)39-33(27)37)35(46)40-29(18-31(43)48-21(3)16-19)24-11-13-25(42)14-12-24/h7-15,19,21-23,29-30,32,39,42,44H,16-18H2,1-6H3,(H,38,45)(H,40,46)/b20-15+/t19-,21-,22-,23-,29+,30+,32?/m0/s1. The number of phenolic OH excluding ortho intramolecular Hbond substituents is 1. The molecule has 1 unspecified atom stereocenters. The fourth-order valence-corrected chi connectivity index (χ4v) is 6.81. The van der Waals surface area contributed by atoms with Gasteiger partial charge in [0.1, 0.15) is 17.8 Å². The van der Waals surface area contributed by atoms with E-state index in [1.54, 1.807) is 32.9 Å². The van der Waals surface area contributed by atoms with Crippen molar-refractivity contribution >= 4 is 50.5 Å². The van der Waals surface area contributed by atoms with Crippen molar-refractivity contribution in [1.82, 2.24) is 20.5 Å². The normalized spacial score (nSPS) is 28.4. The number of allylic oxidation sites excluding steroid dienone is 1. The van der Waals surface area contributed by atoms with Crippen LogP contribution in [0.3, 0.4) is 0 Å². The van der Waals surface area contributed by atoms with Crippen molar-refractivity contribution < 1.29 is 34.1 Å². The summed E-state index contributed by atoms with van der Waals surface area (Å²) in [6.45, 7) is 8.56. The van der Waals surface area contributed by atoms with E-state index >= 15 is 0 Å². The van der Waals surface area contributed by atoms with Gasteiger partial charge in [0.15, 0.2) is 0 Å². The number of aliphatic hydroxyl groups is 1. The Kier molecular flexibility index (Phi) is 12.1. The van der Waals surface area contributed by atoms with Crippen LogP contribution in [-0.4, -0.2) is 75.1 Å². The summed E-state index contributed by atoms with van der Waals surface area (Å²) in [5, 5.41) is 27.5. The molecule has 12 heteroatoms. The second-order valence-electron chi connectivity index (χ2n) is 12.9. The summed E-state index contributed by atoms with van der Waals surface area (Å²) in [5.74, 6) is -3.03. The monoisotopic (exact) mass is 724 g/mol. The Morgan fingerprint density at radius 3 is 2.31 bits per heavy atom. The van der Waals surface area contributed by atoms with E-state index in [4.69, 9.17) is 4.74 Å². The largest absolute Gasteiger partial charge is 0.508 e. The number of H-pyrrole nitrogens is 1. The van der Waals surface area contributed by atoms with Crippen LogP contribution >= 0.6 is 15.9 Å². The summed E-state index contributed by atoms with van der Waals surface area (Å²) in [6, 6.07) is 10.8. The molecule has 0 saturated heterocycles. The molecular weight excluding hydrogens is 680 g/mol. The number of fused-ring (bicyclic) bond motifs is 1.